The van der Waals surface area contributed by atoms with E-state index >= 15 is 4.39 Å². The molecule has 4 rings (SSSR count). The third kappa shape index (κ3) is 5.79. The van der Waals surface area contributed by atoms with E-state index in [0.29, 0.717) is 17.5 Å². The molecule has 0 N–H and O–H groups in total. The van der Waals surface area contributed by atoms with Crippen LogP contribution in [0.25, 0.3) is 21.9 Å². The molecule has 0 saturated heterocycles. The van der Waals surface area contributed by atoms with Crippen LogP contribution in [0.2, 0.25) is 0 Å². The van der Waals surface area contributed by atoms with Gasteiger partial charge in [-0.25, -0.2) is 22.0 Å². The minimum atomic E-state index is -5.26. The number of ether oxygens (including phenoxy) is 2. The summed E-state index contributed by atoms with van der Waals surface area (Å²) in [5.74, 6) is -6.92. The van der Waals surface area contributed by atoms with Crippen LogP contribution in [0.15, 0.2) is 54.6 Å². The van der Waals surface area contributed by atoms with E-state index in [1.165, 1.54) is 30.3 Å². The maximum Gasteiger partial charge on any atom is 0.573 e. The van der Waals surface area contributed by atoms with Gasteiger partial charge in [-0.1, -0.05) is 24.3 Å². The lowest BCUT2D eigenvalue weighted by Gasteiger charge is -2.13. The van der Waals surface area contributed by atoms with Crippen molar-refractivity contribution < 1.29 is 44.6 Å². The number of aryl methyl sites for hydroxylation is 2. The molecular weight excluding hydrogens is 508 g/mol. The van der Waals surface area contributed by atoms with Gasteiger partial charge in [0.2, 0.25) is 5.75 Å². The van der Waals surface area contributed by atoms with Gasteiger partial charge < -0.3 is 9.47 Å². The number of hydrogen-bond acceptors (Lipinski definition) is 2. The summed E-state index contributed by atoms with van der Waals surface area (Å²) in [7, 11) is 0. The van der Waals surface area contributed by atoms with Gasteiger partial charge in [-0.2, -0.15) is 0 Å². The van der Waals surface area contributed by atoms with Crippen LogP contribution >= 0.6 is 0 Å². The van der Waals surface area contributed by atoms with Crippen LogP contribution in [0.5, 0.6) is 11.5 Å². The second-order valence-electron chi connectivity index (χ2n) is 8.11. The number of rotatable bonds is 7. The summed E-state index contributed by atoms with van der Waals surface area (Å²) < 4.78 is 118. The van der Waals surface area contributed by atoms with Crippen molar-refractivity contribution in [1.29, 1.82) is 0 Å². The molecule has 0 bridgehead atoms. The summed E-state index contributed by atoms with van der Waals surface area (Å²) in [6.07, 6.45) is -5.37. The van der Waals surface area contributed by atoms with Gasteiger partial charge in [-0.15, -0.1) is 13.2 Å². The molecule has 2 nitrogen and oxygen atoms in total. The van der Waals surface area contributed by atoms with Gasteiger partial charge in [0, 0.05) is 17.5 Å². The molecule has 0 atom stereocenters. The maximum absolute atomic E-state index is 15.2. The zero-order valence-electron chi connectivity index (χ0n) is 19.2. The first-order valence-corrected chi connectivity index (χ1v) is 11.0. The smallest absolute Gasteiger partial charge is 0.494 e. The number of hydrogen-bond donors (Lipinski definition) is 0. The van der Waals surface area contributed by atoms with Crippen LogP contribution in [0.1, 0.15) is 18.1 Å². The lowest BCUT2D eigenvalue weighted by atomic mass is 9.96. The van der Waals surface area contributed by atoms with E-state index in [2.05, 4.69) is 4.74 Å². The number of fused-ring (bicyclic) bond motifs is 1. The Balaban J connectivity index is 1.58. The fourth-order valence-electron chi connectivity index (χ4n) is 4.01. The highest BCUT2D eigenvalue weighted by molar-refractivity contribution is 5.88. The highest BCUT2D eigenvalue weighted by atomic mass is 19.4. The summed E-state index contributed by atoms with van der Waals surface area (Å²) in [6, 6.07) is 10.6. The van der Waals surface area contributed by atoms with Crippen LogP contribution in [0.3, 0.4) is 0 Å². The number of alkyl halides is 3. The molecule has 0 aliphatic rings. The van der Waals surface area contributed by atoms with Crippen molar-refractivity contribution in [3.05, 3.63) is 94.8 Å². The zero-order chi connectivity index (χ0) is 26.9. The second-order valence-corrected chi connectivity index (χ2v) is 8.11. The van der Waals surface area contributed by atoms with Crippen LogP contribution < -0.4 is 9.47 Å². The van der Waals surface area contributed by atoms with Gasteiger partial charge in [0.05, 0.1) is 12.2 Å². The Kier molecular flexibility index (Phi) is 7.29. The predicted molar refractivity (Wildman–Crippen MR) is 121 cm³/mol. The highest BCUT2D eigenvalue weighted by Gasteiger charge is 2.34. The molecule has 0 amide bonds. The first kappa shape index (κ1) is 26.2. The molecule has 4 aromatic rings. The molecule has 0 aliphatic carbocycles. The number of benzene rings is 4. The van der Waals surface area contributed by atoms with Gasteiger partial charge in [0.1, 0.15) is 23.2 Å². The molecule has 0 heterocycles. The Labute approximate surface area is 206 Å². The van der Waals surface area contributed by atoms with Gasteiger partial charge in [-0.3, -0.25) is 0 Å². The molecule has 0 spiro atoms. The predicted octanol–water partition coefficient (Wildman–Crippen LogP) is 8.28. The first-order chi connectivity index (χ1) is 17.5. The monoisotopic (exact) mass is 526 g/mol. The van der Waals surface area contributed by atoms with Crippen molar-refractivity contribution in [2.24, 2.45) is 0 Å². The van der Waals surface area contributed by atoms with E-state index in [9.17, 15) is 30.7 Å². The van der Waals surface area contributed by atoms with Crippen LogP contribution in [0, 0.1) is 29.1 Å². The molecule has 0 aromatic heterocycles. The van der Waals surface area contributed by atoms with Gasteiger partial charge in [-0.05, 0) is 60.0 Å². The first-order valence-electron chi connectivity index (χ1n) is 11.0. The number of halogens is 8. The highest BCUT2D eigenvalue weighted by Crippen LogP contribution is 2.34. The van der Waals surface area contributed by atoms with Crippen molar-refractivity contribution in [2.45, 2.75) is 26.1 Å². The van der Waals surface area contributed by atoms with Crippen LogP contribution in [0.4, 0.5) is 35.1 Å². The van der Waals surface area contributed by atoms with Crippen molar-refractivity contribution in [3.8, 4) is 22.6 Å². The van der Waals surface area contributed by atoms with Crippen molar-refractivity contribution >= 4 is 10.8 Å². The second kappa shape index (κ2) is 10.3. The molecule has 0 radical (unpaired) electrons. The SMILES string of the molecule is CCOc1cc(F)c(-c2ccc3c(F)c(CCc4cc(F)c(OC(F)(F)F)c(F)c4)ccc3c2)c(F)c1. The summed E-state index contributed by atoms with van der Waals surface area (Å²) >= 11 is 0. The summed E-state index contributed by atoms with van der Waals surface area (Å²) in [4.78, 5) is 0. The normalized spacial score (nSPS) is 11.7. The fraction of sp³-hybridized carbons (Fsp3) is 0.185. The van der Waals surface area contributed by atoms with Gasteiger partial charge >= 0.3 is 6.36 Å². The molecule has 4 aromatic carbocycles. The fourth-order valence-corrected chi connectivity index (χ4v) is 4.01. The largest absolute Gasteiger partial charge is 0.573 e. The molecular formula is C27H18F8O2. The van der Waals surface area contributed by atoms with E-state index in [1.807, 2.05) is 0 Å². The minimum Gasteiger partial charge on any atom is -0.494 e. The van der Waals surface area contributed by atoms with Crippen molar-refractivity contribution in [1.82, 2.24) is 0 Å². The van der Waals surface area contributed by atoms with E-state index in [0.717, 1.165) is 12.1 Å². The average Bonchev–Trinajstić information content (AvgIpc) is 2.80. The Morgan fingerprint density at radius 3 is 1.97 bits per heavy atom. The lowest BCUT2D eigenvalue weighted by Crippen LogP contribution is -2.19. The third-order valence-corrected chi connectivity index (χ3v) is 5.61. The van der Waals surface area contributed by atoms with Gasteiger partial charge in [0.15, 0.2) is 11.6 Å². The Morgan fingerprint density at radius 2 is 1.38 bits per heavy atom. The lowest BCUT2D eigenvalue weighted by molar-refractivity contribution is -0.276. The molecule has 0 fully saturated rings. The Bertz CT molecular complexity index is 1420. The van der Waals surface area contributed by atoms with Crippen molar-refractivity contribution in [2.75, 3.05) is 6.61 Å². The van der Waals surface area contributed by atoms with E-state index in [1.54, 1.807) is 6.92 Å². The van der Waals surface area contributed by atoms with Gasteiger partial charge in [0.25, 0.3) is 0 Å². The van der Waals surface area contributed by atoms with Crippen LogP contribution in [-0.2, 0) is 12.8 Å². The average molecular weight is 526 g/mol. The quantitative estimate of drug-likeness (QED) is 0.226. The van der Waals surface area contributed by atoms with E-state index < -0.39 is 41.2 Å². The molecule has 0 unspecified atom stereocenters. The molecule has 194 valence electrons. The molecule has 0 saturated carbocycles. The minimum absolute atomic E-state index is 0.000759. The summed E-state index contributed by atoms with van der Waals surface area (Å²) in [5.41, 5.74) is 0.0672. The van der Waals surface area contributed by atoms with Crippen molar-refractivity contribution in [3.63, 3.8) is 0 Å². The zero-order valence-corrected chi connectivity index (χ0v) is 19.2. The summed E-state index contributed by atoms with van der Waals surface area (Å²) in [5, 5.41) is 0.511. The van der Waals surface area contributed by atoms with Crippen LogP contribution in [-0.4, -0.2) is 13.0 Å². The summed E-state index contributed by atoms with van der Waals surface area (Å²) in [6.45, 7) is 1.91. The third-order valence-electron chi connectivity index (χ3n) is 5.61. The Morgan fingerprint density at radius 1 is 0.730 bits per heavy atom. The molecule has 0 aliphatic heterocycles. The standard InChI is InChI=1S/C27H18F8O2/c1-2-36-18-12-20(28)24(21(29)13-18)17-7-8-19-16(11-17)6-5-15(25(19)32)4-3-14-9-22(30)26(23(31)10-14)37-27(33,34)35/h5-13H,2-4H2,1H3. The Hall–Kier alpha value is -3.82. The molecule has 10 heteroatoms. The van der Waals surface area contributed by atoms with E-state index in [-0.39, 0.29) is 52.8 Å². The topological polar surface area (TPSA) is 18.5 Å². The molecule has 37 heavy (non-hydrogen) atoms. The van der Waals surface area contributed by atoms with E-state index in [4.69, 9.17) is 4.74 Å². The maximum atomic E-state index is 15.2.